The summed E-state index contributed by atoms with van der Waals surface area (Å²) in [7, 11) is 0. The van der Waals surface area contributed by atoms with E-state index in [1.807, 2.05) is 0 Å². The lowest BCUT2D eigenvalue weighted by Gasteiger charge is -2.29. The first kappa shape index (κ1) is 18.2. The molecular weight excluding hydrogens is 360 g/mol. The van der Waals surface area contributed by atoms with E-state index in [4.69, 9.17) is 13.3 Å². The Balaban J connectivity index is 1.67. The predicted molar refractivity (Wildman–Crippen MR) is 99.1 cm³/mol. The molecule has 7 nitrogen and oxygen atoms in total. The Morgan fingerprint density at radius 1 is 1.00 bits per heavy atom. The third-order valence-corrected chi connectivity index (χ3v) is 4.97. The van der Waals surface area contributed by atoms with Crippen molar-refractivity contribution in [1.29, 1.82) is 0 Å². The van der Waals surface area contributed by atoms with Gasteiger partial charge in [-0.25, -0.2) is 0 Å². The first-order chi connectivity index (χ1) is 13.7. The minimum Gasteiger partial charge on any atom is -0.467 e. The highest BCUT2D eigenvalue weighted by Gasteiger charge is 2.36. The monoisotopic (exact) mass is 382 g/mol. The van der Waals surface area contributed by atoms with Crippen LogP contribution in [0.2, 0.25) is 0 Å². The highest BCUT2D eigenvalue weighted by atomic mass is 16.3. The molecule has 28 heavy (non-hydrogen) atoms. The van der Waals surface area contributed by atoms with Gasteiger partial charge < -0.3 is 23.5 Å². The van der Waals surface area contributed by atoms with E-state index in [1.54, 1.807) is 36.4 Å². The fraction of sp³-hybridized carbons (Fsp3) is 0.333. The van der Waals surface area contributed by atoms with E-state index in [1.165, 1.54) is 23.7 Å². The number of nitrogens with zero attached hydrogens (tertiary/aromatic N) is 1. The van der Waals surface area contributed by atoms with Crippen molar-refractivity contribution in [3.05, 3.63) is 72.5 Å². The molecule has 4 rings (SSSR count). The smallest absolute Gasteiger partial charge is 0.290 e. The van der Waals surface area contributed by atoms with Crippen LogP contribution in [0, 0.1) is 0 Å². The molecule has 3 aromatic heterocycles. The zero-order chi connectivity index (χ0) is 19.3. The van der Waals surface area contributed by atoms with Crippen molar-refractivity contribution in [3.63, 3.8) is 0 Å². The first-order valence-corrected chi connectivity index (χ1v) is 9.43. The topological polar surface area (TPSA) is 88.8 Å². The van der Waals surface area contributed by atoms with Crippen LogP contribution in [0.3, 0.4) is 0 Å². The second kappa shape index (κ2) is 8.21. The van der Waals surface area contributed by atoms with E-state index >= 15 is 0 Å². The molecule has 1 fully saturated rings. The quantitative estimate of drug-likeness (QED) is 0.669. The summed E-state index contributed by atoms with van der Waals surface area (Å²) in [5.74, 6) is 0.418. The maximum atomic E-state index is 13.2. The molecule has 0 aromatic carbocycles. The van der Waals surface area contributed by atoms with E-state index < -0.39 is 11.9 Å². The Labute approximate surface area is 162 Å². The summed E-state index contributed by atoms with van der Waals surface area (Å²) in [6.45, 7) is 0.107. The van der Waals surface area contributed by atoms with Gasteiger partial charge in [-0.1, -0.05) is 12.8 Å². The van der Waals surface area contributed by atoms with Crippen molar-refractivity contribution in [2.75, 3.05) is 0 Å². The molecule has 3 aromatic rings. The van der Waals surface area contributed by atoms with Crippen LogP contribution in [0.4, 0.5) is 0 Å². The van der Waals surface area contributed by atoms with Crippen LogP contribution in [0.5, 0.6) is 0 Å². The van der Waals surface area contributed by atoms with Crippen molar-refractivity contribution in [2.45, 2.75) is 44.3 Å². The van der Waals surface area contributed by atoms with Gasteiger partial charge in [-0.2, -0.15) is 0 Å². The number of carbonyl (C=O) groups is 2. The molecule has 3 heterocycles. The van der Waals surface area contributed by atoms with E-state index in [0.717, 1.165) is 25.7 Å². The van der Waals surface area contributed by atoms with Gasteiger partial charge in [0.25, 0.3) is 11.8 Å². The molecule has 7 heteroatoms. The molecule has 146 valence electrons. The molecule has 0 aliphatic heterocycles. The Kier molecular flexibility index (Phi) is 5.32. The van der Waals surface area contributed by atoms with Crippen LogP contribution in [0.25, 0.3) is 0 Å². The maximum absolute atomic E-state index is 13.2. The number of furan rings is 3. The zero-order valence-electron chi connectivity index (χ0n) is 15.4. The number of nitrogens with one attached hydrogen (secondary N) is 1. The minimum absolute atomic E-state index is 0.107. The Morgan fingerprint density at radius 3 is 2.36 bits per heavy atom. The molecule has 1 atom stereocenters. The lowest BCUT2D eigenvalue weighted by atomic mass is 10.1. The number of hydrogen-bond acceptors (Lipinski definition) is 5. The predicted octanol–water partition coefficient (Wildman–Crippen LogP) is 3.91. The Bertz CT molecular complexity index is 878. The molecule has 1 aliphatic rings. The normalized spacial score (nSPS) is 15.4. The highest BCUT2D eigenvalue weighted by Crippen LogP contribution is 2.28. The summed E-state index contributed by atoms with van der Waals surface area (Å²) < 4.78 is 16.3. The van der Waals surface area contributed by atoms with Gasteiger partial charge in [0, 0.05) is 6.04 Å². The molecule has 0 radical (unpaired) electrons. The summed E-state index contributed by atoms with van der Waals surface area (Å²) in [5.41, 5.74) is 0. The van der Waals surface area contributed by atoms with Crippen LogP contribution >= 0.6 is 0 Å². The van der Waals surface area contributed by atoms with Gasteiger partial charge in [0.2, 0.25) is 0 Å². The second-order valence-corrected chi connectivity index (χ2v) is 6.90. The van der Waals surface area contributed by atoms with Crippen LogP contribution in [-0.4, -0.2) is 22.8 Å². The largest absolute Gasteiger partial charge is 0.467 e. The molecule has 1 aliphatic carbocycles. The van der Waals surface area contributed by atoms with Gasteiger partial charge in [-0.05, 0) is 49.2 Å². The average Bonchev–Trinajstić information content (AvgIpc) is 3.50. The van der Waals surface area contributed by atoms with E-state index in [0.29, 0.717) is 11.5 Å². The summed E-state index contributed by atoms with van der Waals surface area (Å²) in [6.07, 6.45) is 8.54. The van der Waals surface area contributed by atoms with E-state index in [2.05, 4.69) is 5.32 Å². The van der Waals surface area contributed by atoms with Crippen molar-refractivity contribution >= 4 is 11.8 Å². The lowest BCUT2D eigenvalue weighted by Crippen LogP contribution is -2.45. The number of hydrogen-bond donors (Lipinski definition) is 1. The van der Waals surface area contributed by atoms with Gasteiger partial charge in [-0.3, -0.25) is 9.59 Å². The molecule has 1 saturated carbocycles. The SMILES string of the molecule is O=C(NC1CCCC1)C(c1ccco1)N(Cc1ccco1)C(=O)c1ccco1. The zero-order valence-corrected chi connectivity index (χ0v) is 15.4. The van der Waals surface area contributed by atoms with Crippen LogP contribution in [0.15, 0.2) is 68.4 Å². The fourth-order valence-corrected chi connectivity index (χ4v) is 3.61. The molecule has 0 spiro atoms. The lowest BCUT2D eigenvalue weighted by molar-refractivity contribution is -0.127. The molecule has 1 N–H and O–H groups in total. The standard InChI is InChI=1S/C21H22N2O5/c24-20(22-15-6-1-2-7-15)19(17-9-4-12-27-17)23(14-16-8-3-11-26-16)21(25)18-10-5-13-28-18/h3-5,8-13,15,19H,1-2,6-7,14H2,(H,22,24). The molecule has 2 amide bonds. The minimum atomic E-state index is -0.932. The van der Waals surface area contributed by atoms with E-state index in [9.17, 15) is 9.59 Å². The van der Waals surface area contributed by atoms with E-state index in [-0.39, 0.29) is 24.3 Å². The average molecular weight is 382 g/mol. The number of rotatable bonds is 7. The van der Waals surface area contributed by atoms with Crippen LogP contribution in [-0.2, 0) is 11.3 Å². The fourth-order valence-electron chi connectivity index (χ4n) is 3.61. The van der Waals surface area contributed by atoms with Crippen molar-refractivity contribution < 1.29 is 22.8 Å². The Hall–Kier alpha value is -3.22. The molecule has 0 saturated heterocycles. The number of carbonyl (C=O) groups excluding carboxylic acids is 2. The highest BCUT2D eigenvalue weighted by molar-refractivity contribution is 5.95. The van der Waals surface area contributed by atoms with Crippen molar-refractivity contribution in [1.82, 2.24) is 10.2 Å². The van der Waals surface area contributed by atoms with Gasteiger partial charge in [0.15, 0.2) is 11.8 Å². The summed E-state index contributed by atoms with van der Waals surface area (Å²) in [4.78, 5) is 27.8. The Morgan fingerprint density at radius 2 is 1.71 bits per heavy atom. The van der Waals surface area contributed by atoms with Gasteiger partial charge in [0.05, 0.1) is 25.3 Å². The van der Waals surface area contributed by atoms with Crippen LogP contribution in [0.1, 0.15) is 53.8 Å². The summed E-state index contributed by atoms with van der Waals surface area (Å²) in [5, 5.41) is 3.07. The first-order valence-electron chi connectivity index (χ1n) is 9.43. The second-order valence-electron chi connectivity index (χ2n) is 6.90. The van der Waals surface area contributed by atoms with Gasteiger partial charge in [-0.15, -0.1) is 0 Å². The molecular formula is C21H22N2O5. The molecule has 1 unspecified atom stereocenters. The summed E-state index contributed by atoms with van der Waals surface area (Å²) >= 11 is 0. The molecule has 0 bridgehead atoms. The third kappa shape index (κ3) is 3.88. The van der Waals surface area contributed by atoms with Crippen LogP contribution < -0.4 is 5.32 Å². The van der Waals surface area contributed by atoms with Crippen molar-refractivity contribution in [3.8, 4) is 0 Å². The van der Waals surface area contributed by atoms with Gasteiger partial charge >= 0.3 is 0 Å². The summed E-state index contributed by atoms with van der Waals surface area (Å²) in [6, 6.07) is 9.30. The van der Waals surface area contributed by atoms with Crippen molar-refractivity contribution in [2.24, 2.45) is 0 Å². The number of amides is 2. The maximum Gasteiger partial charge on any atom is 0.290 e. The third-order valence-electron chi connectivity index (χ3n) is 4.97. The van der Waals surface area contributed by atoms with Gasteiger partial charge in [0.1, 0.15) is 11.5 Å².